The lowest BCUT2D eigenvalue weighted by molar-refractivity contribution is -0.137. The molecule has 1 fully saturated rings. The third-order valence-corrected chi connectivity index (χ3v) is 3.85. The summed E-state index contributed by atoms with van der Waals surface area (Å²) >= 11 is 0. The Hall–Kier alpha value is -1.39. The number of benzene rings is 1. The molecule has 4 nitrogen and oxygen atoms in total. The van der Waals surface area contributed by atoms with Gasteiger partial charge in [0.25, 0.3) is 0 Å². The molecule has 1 heterocycles. The fraction of sp³-hybridized carbons (Fsp3) is 0.562. The number of likely N-dealkylation sites (tertiary alicyclic amines) is 1. The lowest BCUT2D eigenvalue weighted by atomic mass is 9.90. The van der Waals surface area contributed by atoms with Crippen LogP contribution >= 0.6 is 0 Å². The van der Waals surface area contributed by atoms with Crippen molar-refractivity contribution in [3.8, 4) is 0 Å². The highest BCUT2D eigenvalue weighted by atomic mass is 16.5. The molecule has 0 aromatic heterocycles. The van der Waals surface area contributed by atoms with Gasteiger partial charge in [-0.3, -0.25) is 4.79 Å². The number of hydrogen-bond donors (Lipinski definition) is 1. The highest BCUT2D eigenvalue weighted by Crippen LogP contribution is 2.31. The molecule has 0 radical (unpaired) electrons. The summed E-state index contributed by atoms with van der Waals surface area (Å²) < 4.78 is 5.12. The van der Waals surface area contributed by atoms with Gasteiger partial charge in [0.2, 0.25) is 5.91 Å². The van der Waals surface area contributed by atoms with E-state index in [1.807, 2.05) is 4.90 Å². The molecule has 20 heavy (non-hydrogen) atoms. The maximum atomic E-state index is 12.1. The van der Waals surface area contributed by atoms with Gasteiger partial charge in [-0.2, -0.15) is 0 Å². The number of nitrogens with zero attached hydrogens (tertiary/aromatic N) is 1. The first kappa shape index (κ1) is 15.0. The van der Waals surface area contributed by atoms with E-state index in [0.29, 0.717) is 13.0 Å². The van der Waals surface area contributed by atoms with E-state index in [1.165, 1.54) is 0 Å². The summed E-state index contributed by atoms with van der Waals surface area (Å²) in [5, 5.41) is 0. The molecule has 1 saturated heterocycles. The first-order chi connectivity index (χ1) is 9.67. The Labute approximate surface area is 120 Å². The van der Waals surface area contributed by atoms with Crippen molar-refractivity contribution in [1.29, 1.82) is 0 Å². The van der Waals surface area contributed by atoms with Crippen LogP contribution in [-0.4, -0.2) is 30.5 Å². The third-order valence-electron chi connectivity index (χ3n) is 3.85. The van der Waals surface area contributed by atoms with Gasteiger partial charge in [-0.15, -0.1) is 0 Å². The second kappa shape index (κ2) is 6.86. The zero-order valence-electron chi connectivity index (χ0n) is 12.3. The number of carbonyl (C=O) groups is 1. The molecule has 1 aliphatic heterocycles. The van der Waals surface area contributed by atoms with Crippen molar-refractivity contribution >= 4 is 5.91 Å². The monoisotopic (exact) mass is 276 g/mol. The number of amides is 1. The van der Waals surface area contributed by atoms with Crippen LogP contribution in [0, 0.1) is 0 Å². The highest BCUT2D eigenvalue weighted by Gasteiger charge is 2.34. The Balaban J connectivity index is 2.23. The standard InChI is InChI=1S/C16H24N2O2/c1-3-10-18-15(19)9-8-14(17)16(18)13-6-4-12(5-7-13)11-20-2/h4-7,14,16H,3,8-11,17H2,1-2H3. The van der Waals surface area contributed by atoms with Gasteiger partial charge < -0.3 is 15.4 Å². The smallest absolute Gasteiger partial charge is 0.223 e. The van der Waals surface area contributed by atoms with Gasteiger partial charge in [-0.1, -0.05) is 31.2 Å². The van der Waals surface area contributed by atoms with Crippen LogP contribution in [0.1, 0.15) is 43.4 Å². The van der Waals surface area contributed by atoms with E-state index in [4.69, 9.17) is 10.5 Å². The molecule has 1 amide bonds. The van der Waals surface area contributed by atoms with Gasteiger partial charge in [0.05, 0.1) is 12.6 Å². The Morgan fingerprint density at radius 2 is 2.05 bits per heavy atom. The summed E-state index contributed by atoms with van der Waals surface area (Å²) in [5.74, 6) is 0.222. The Bertz CT molecular complexity index is 444. The molecule has 2 rings (SSSR count). The van der Waals surface area contributed by atoms with Crippen molar-refractivity contribution in [2.24, 2.45) is 5.73 Å². The van der Waals surface area contributed by atoms with Gasteiger partial charge in [0.1, 0.15) is 0 Å². The molecule has 110 valence electrons. The number of methoxy groups -OCH3 is 1. The van der Waals surface area contributed by atoms with Crippen molar-refractivity contribution in [3.63, 3.8) is 0 Å². The summed E-state index contributed by atoms with van der Waals surface area (Å²) in [4.78, 5) is 14.1. The van der Waals surface area contributed by atoms with Crippen LogP contribution in [-0.2, 0) is 16.1 Å². The first-order valence-electron chi connectivity index (χ1n) is 7.30. The number of hydrogen-bond acceptors (Lipinski definition) is 3. The van der Waals surface area contributed by atoms with Crippen LogP contribution in [0.5, 0.6) is 0 Å². The largest absolute Gasteiger partial charge is 0.380 e. The predicted molar refractivity (Wildman–Crippen MR) is 79.1 cm³/mol. The number of piperidine rings is 1. The Morgan fingerprint density at radius 3 is 2.65 bits per heavy atom. The van der Waals surface area contributed by atoms with Gasteiger partial charge in [0.15, 0.2) is 0 Å². The minimum absolute atomic E-state index is 0.00722. The maximum Gasteiger partial charge on any atom is 0.223 e. The SMILES string of the molecule is CCCN1C(=O)CCC(N)C1c1ccc(COC)cc1. The number of carbonyl (C=O) groups excluding carboxylic acids is 1. The van der Waals surface area contributed by atoms with Crippen LogP contribution in [0.4, 0.5) is 0 Å². The van der Waals surface area contributed by atoms with Crippen molar-refractivity contribution in [2.45, 2.75) is 44.9 Å². The summed E-state index contributed by atoms with van der Waals surface area (Å²) in [6, 6.07) is 8.27. The van der Waals surface area contributed by atoms with Crippen molar-refractivity contribution in [3.05, 3.63) is 35.4 Å². The van der Waals surface area contributed by atoms with Gasteiger partial charge in [-0.25, -0.2) is 0 Å². The molecule has 1 aliphatic rings. The van der Waals surface area contributed by atoms with E-state index in [1.54, 1.807) is 7.11 Å². The van der Waals surface area contributed by atoms with Crippen molar-refractivity contribution in [1.82, 2.24) is 4.90 Å². The topological polar surface area (TPSA) is 55.6 Å². The van der Waals surface area contributed by atoms with Crippen LogP contribution in [0.2, 0.25) is 0 Å². The van der Waals surface area contributed by atoms with E-state index in [9.17, 15) is 4.79 Å². The molecular weight excluding hydrogens is 252 g/mol. The maximum absolute atomic E-state index is 12.1. The number of rotatable bonds is 5. The fourth-order valence-electron chi connectivity index (χ4n) is 2.89. The van der Waals surface area contributed by atoms with E-state index in [2.05, 4.69) is 31.2 Å². The second-order valence-corrected chi connectivity index (χ2v) is 5.41. The van der Waals surface area contributed by atoms with Crippen LogP contribution in [0.25, 0.3) is 0 Å². The number of ether oxygens (including phenoxy) is 1. The van der Waals surface area contributed by atoms with Crippen LogP contribution < -0.4 is 5.73 Å². The number of nitrogens with two attached hydrogens (primary N) is 1. The predicted octanol–water partition coefficient (Wildman–Crippen LogP) is 2.23. The lowest BCUT2D eigenvalue weighted by Gasteiger charge is -2.40. The average Bonchev–Trinajstić information content (AvgIpc) is 2.45. The minimum atomic E-state index is 0.00722. The molecule has 2 N–H and O–H groups in total. The third kappa shape index (κ3) is 3.19. The average molecular weight is 276 g/mol. The lowest BCUT2D eigenvalue weighted by Crippen LogP contribution is -2.49. The summed E-state index contributed by atoms with van der Waals surface area (Å²) in [6.45, 7) is 3.47. The van der Waals surface area contributed by atoms with E-state index < -0.39 is 0 Å². The summed E-state index contributed by atoms with van der Waals surface area (Å²) in [6.07, 6.45) is 2.29. The first-order valence-corrected chi connectivity index (χ1v) is 7.30. The van der Waals surface area contributed by atoms with Gasteiger partial charge in [-0.05, 0) is 24.0 Å². The van der Waals surface area contributed by atoms with Crippen molar-refractivity contribution < 1.29 is 9.53 Å². The summed E-state index contributed by atoms with van der Waals surface area (Å²) in [7, 11) is 1.69. The molecule has 0 spiro atoms. The molecule has 0 aliphatic carbocycles. The molecule has 1 aromatic carbocycles. The van der Waals surface area contributed by atoms with Gasteiger partial charge in [0, 0.05) is 26.1 Å². The fourth-order valence-corrected chi connectivity index (χ4v) is 2.89. The molecular formula is C16H24N2O2. The molecule has 0 saturated carbocycles. The molecule has 4 heteroatoms. The molecule has 0 bridgehead atoms. The Kier molecular flexibility index (Phi) is 5.15. The molecule has 2 atom stereocenters. The van der Waals surface area contributed by atoms with Crippen molar-refractivity contribution in [2.75, 3.05) is 13.7 Å². The summed E-state index contributed by atoms with van der Waals surface area (Å²) in [5.41, 5.74) is 8.53. The zero-order chi connectivity index (χ0) is 14.5. The van der Waals surface area contributed by atoms with E-state index in [0.717, 1.165) is 30.5 Å². The molecule has 1 aromatic rings. The second-order valence-electron chi connectivity index (χ2n) is 5.41. The van der Waals surface area contributed by atoms with Crippen LogP contribution in [0.3, 0.4) is 0 Å². The quantitative estimate of drug-likeness (QED) is 0.897. The normalized spacial score (nSPS) is 23.1. The van der Waals surface area contributed by atoms with E-state index in [-0.39, 0.29) is 18.0 Å². The van der Waals surface area contributed by atoms with E-state index >= 15 is 0 Å². The van der Waals surface area contributed by atoms with Crippen LogP contribution in [0.15, 0.2) is 24.3 Å². The highest BCUT2D eigenvalue weighted by molar-refractivity contribution is 5.78. The minimum Gasteiger partial charge on any atom is -0.380 e. The molecule has 2 unspecified atom stereocenters. The zero-order valence-corrected chi connectivity index (χ0v) is 12.3. The Morgan fingerprint density at radius 1 is 1.35 bits per heavy atom. The van der Waals surface area contributed by atoms with Gasteiger partial charge >= 0.3 is 0 Å².